The summed E-state index contributed by atoms with van der Waals surface area (Å²) >= 11 is 0. The second kappa shape index (κ2) is 12.9. The van der Waals surface area contributed by atoms with Crippen molar-refractivity contribution in [2.24, 2.45) is 0 Å². The molecule has 0 radical (unpaired) electrons. The zero-order chi connectivity index (χ0) is 14.5. The van der Waals surface area contributed by atoms with Gasteiger partial charge < -0.3 is 0 Å². The molecular formula is C16H36N2Si. The first-order valence-electron chi connectivity index (χ1n) is 8.34. The van der Waals surface area contributed by atoms with E-state index in [1.165, 1.54) is 68.5 Å². The Balaban J connectivity index is 4.57. The van der Waals surface area contributed by atoms with Crippen molar-refractivity contribution in [3.63, 3.8) is 0 Å². The highest BCUT2D eigenvalue weighted by Gasteiger charge is 2.21. The maximum atomic E-state index is 2.67. The highest BCUT2D eigenvalue weighted by Crippen LogP contribution is 2.15. The Kier molecular flexibility index (Phi) is 12.8. The fourth-order valence-electron chi connectivity index (χ4n) is 2.79. The van der Waals surface area contributed by atoms with Crippen molar-refractivity contribution >= 4 is 10.2 Å². The van der Waals surface area contributed by atoms with Crippen molar-refractivity contribution in [3.05, 3.63) is 11.8 Å². The van der Waals surface area contributed by atoms with Crippen molar-refractivity contribution in [2.45, 2.75) is 66.0 Å². The molecular weight excluding hydrogens is 248 g/mol. The molecule has 0 aromatic carbocycles. The van der Waals surface area contributed by atoms with Gasteiger partial charge in [0.2, 0.25) is 0 Å². The van der Waals surface area contributed by atoms with Crippen LogP contribution >= 0.6 is 0 Å². The van der Waals surface area contributed by atoms with Gasteiger partial charge in [-0.05, 0) is 58.3 Å². The molecule has 2 nitrogen and oxygen atoms in total. The van der Waals surface area contributed by atoms with Crippen LogP contribution in [0, 0.1) is 0 Å². The Morgan fingerprint density at radius 3 is 1.84 bits per heavy atom. The van der Waals surface area contributed by atoms with Crippen LogP contribution in [0.25, 0.3) is 0 Å². The number of nitrogens with zero attached hydrogens (tertiary/aromatic N) is 2. The van der Waals surface area contributed by atoms with Crippen molar-refractivity contribution in [1.29, 1.82) is 0 Å². The van der Waals surface area contributed by atoms with Gasteiger partial charge in [-0.3, -0.25) is 9.80 Å². The van der Waals surface area contributed by atoms with Crippen LogP contribution in [0.2, 0.25) is 0 Å². The molecule has 0 aromatic rings. The van der Waals surface area contributed by atoms with E-state index in [4.69, 9.17) is 0 Å². The Labute approximate surface area is 124 Å². The van der Waals surface area contributed by atoms with E-state index in [1.807, 2.05) is 0 Å². The molecule has 0 fully saturated rings. The second-order valence-electron chi connectivity index (χ2n) is 5.24. The van der Waals surface area contributed by atoms with Gasteiger partial charge in [0.15, 0.2) is 0 Å². The van der Waals surface area contributed by atoms with Gasteiger partial charge in [-0.1, -0.05) is 33.8 Å². The third kappa shape index (κ3) is 7.90. The SMILES string of the molecule is CCCN(CC)C(CCCC=C[SiH3])N(CC)CCC. The summed E-state index contributed by atoms with van der Waals surface area (Å²) in [6.07, 6.45) is 9.42. The lowest BCUT2D eigenvalue weighted by Crippen LogP contribution is -2.49. The van der Waals surface area contributed by atoms with Gasteiger partial charge in [0.25, 0.3) is 0 Å². The molecule has 0 aromatic heterocycles. The molecule has 0 amide bonds. The molecule has 0 bridgehead atoms. The van der Waals surface area contributed by atoms with Gasteiger partial charge in [0, 0.05) is 10.2 Å². The molecule has 0 rings (SSSR count). The predicted octanol–water partition coefficient (Wildman–Crippen LogP) is 2.83. The smallest absolute Gasteiger partial charge is 0.0622 e. The molecule has 0 spiro atoms. The third-order valence-electron chi connectivity index (χ3n) is 3.75. The Morgan fingerprint density at radius 1 is 0.947 bits per heavy atom. The molecule has 3 heteroatoms. The predicted molar refractivity (Wildman–Crippen MR) is 91.8 cm³/mol. The molecule has 0 heterocycles. The van der Waals surface area contributed by atoms with Gasteiger partial charge in [0.1, 0.15) is 0 Å². The molecule has 114 valence electrons. The van der Waals surface area contributed by atoms with Crippen LogP contribution in [-0.2, 0) is 0 Å². The summed E-state index contributed by atoms with van der Waals surface area (Å²) in [7, 11) is 1.20. The molecule has 0 saturated heterocycles. The quantitative estimate of drug-likeness (QED) is 0.309. The van der Waals surface area contributed by atoms with E-state index < -0.39 is 0 Å². The lowest BCUT2D eigenvalue weighted by molar-refractivity contribution is 0.0411. The Morgan fingerprint density at radius 2 is 1.47 bits per heavy atom. The minimum Gasteiger partial charge on any atom is -0.288 e. The minimum atomic E-state index is 0.650. The average molecular weight is 285 g/mol. The van der Waals surface area contributed by atoms with Crippen molar-refractivity contribution < 1.29 is 0 Å². The monoisotopic (exact) mass is 284 g/mol. The highest BCUT2D eigenvalue weighted by atomic mass is 28.1. The van der Waals surface area contributed by atoms with Crippen LogP contribution < -0.4 is 0 Å². The summed E-state index contributed by atoms with van der Waals surface area (Å²) in [6, 6.07) is 0. The number of hydrogen-bond acceptors (Lipinski definition) is 2. The fourth-order valence-corrected chi connectivity index (χ4v) is 3.12. The first-order chi connectivity index (χ1) is 9.24. The van der Waals surface area contributed by atoms with E-state index in [2.05, 4.69) is 49.3 Å². The molecule has 0 N–H and O–H groups in total. The summed E-state index contributed by atoms with van der Waals surface area (Å²) < 4.78 is 0. The summed E-state index contributed by atoms with van der Waals surface area (Å²) in [6.45, 7) is 14.0. The second-order valence-corrected chi connectivity index (χ2v) is 5.90. The number of rotatable bonds is 12. The summed E-state index contributed by atoms with van der Waals surface area (Å²) in [5.74, 6) is 0. The van der Waals surface area contributed by atoms with Crippen LogP contribution in [0.3, 0.4) is 0 Å². The van der Waals surface area contributed by atoms with Gasteiger partial charge in [-0.2, -0.15) is 0 Å². The van der Waals surface area contributed by atoms with Crippen LogP contribution in [-0.4, -0.2) is 52.4 Å². The molecule has 0 aliphatic heterocycles. The van der Waals surface area contributed by atoms with Crippen molar-refractivity contribution in [2.75, 3.05) is 26.2 Å². The number of hydrogen-bond donors (Lipinski definition) is 0. The maximum absolute atomic E-state index is 2.67. The summed E-state index contributed by atoms with van der Waals surface area (Å²) in [5, 5.41) is 0. The Bertz CT molecular complexity index is 205. The van der Waals surface area contributed by atoms with Crippen molar-refractivity contribution in [1.82, 2.24) is 9.80 Å². The average Bonchev–Trinajstić information content (AvgIpc) is 2.43. The van der Waals surface area contributed by atoms with Crippen LogP contribution in [0.4, 0.5) is 0 Å². The van der Waals surface area contributed by atoms with Crippen molar-refractivity contribution in [3.8, 4) is 0 Å². The normalized spacial score (nSPS) is 12.6. The van der Waals surface area contributed by atoms with E-state index in [-0.39, 0.29) is 0 Å². The standard InChI is InChI=1S/C16H36N2Si/c1-5-13-17(7-3)16(12-10-9-11-15-19)18(8-4)14-6-2/h11,15-16H,5-10,12-14H2,1-4,19H3. The molecule has 0 saturated carbocycles. The van der Waals surface area contributed by atoms with E-state index in [9.17, 15) is 0 Å². The largest absolute Gasteiger partial charge is 0.288 e. The molecule has 19 heavy (non-hydrogen) atoms. The molecule has 0 aliphatic carbocycles. The van der Waals surface area contributed by atoms with E-state index in [0.29, 0.717) is 6.17 Å². The van der Waals surface area contributed by atoms with E-state index in [1.54, 1.807) is 0 Å². The fraction of sp³-hybridized carbons (Fsp3) is 0.875. The summed E-state index contributed by atoms with van der Waals surface area (Å²) in [4.78, 5) is 5.34. The van der Waals surface area contributed by atoms with Crippen LogP contribution in [0.1, 0.15) is 59.8 Å². The first-order valence-corrected chi connectivity index (χ1v) is 9.49. The lowest BCUT2D eigenvalue weighted by atomic mass is 10.1. The van der Waals surface area contributed by atoms with Gasteiger partial charge in [-0.15, -0.1) is 5.70 Å². The zero-order valence-electron chi connectivity index (χ0n) is 14.0. The lowest BCUT2D eigenvalue weighted by Gasteiger charge is -2.39. The maximum Gasteiger partial charge on any atom is 0.0622 e. The van der Waals surface area contributed by atoms with Gasteiger partial charge in [-0.25, -0.2) is 0 Å². The molecule has 0 unspecified atom stereocenters. The zero-order valence-corrected chi connectivity index (χ0v) is 16.0. The third-order valence-corrected chi connectivity index (χ3v) is 4.22. The minimum absolute atomic E-state index is 0.650. The van der Waals surface area contributed by atoms with Gasteiger partial charge in [0.05, 0.1) is 6.17 Å². The highest BCUT2D eigenvalue weighted by molar-refractivity contribution is 6.16. The Hall–Kier alpha value is -0.123. The van der Waals surface area contributed by atoms with E-state index >= 15 is 0 Å². The molecule has 0 atom stereocenters. The summed E-state index contributed by atoms with van der Waals surface area (Å²) in [5.41, 5.74) is 2.31. The first kappa shape index (κ1) is 18.9. The van der Waals surface area contributed by atoms with Crippen LogP contribution in [0.5, 0.6) is 0 Å². The number of allylic oxidation sites excluding steroid dienone is 1. The van der Waals surface area contributed by atoms with E-state index in [0.717, 1.165) is 0 Å². The van der Waals surface area contributed by atoms with Gasteiger partial charge >= 0.3 is 0 Å². The topological polar surface area (TPSA) is 6.48 Å². The van der Waals surface area contributed by atoms with Crippen LogP contribution in [0.15, 0.2) is 11.8 Å². The number of unbranched alkanes of at least 4 members (excludes halogenated alkanes) is 1. The molecule has 0 aliphatic rings.